The average molecular weight is 267 g/mol. The molecule has 7 heteroatoms. The van der Waals surface area contributed by atoms with Gasteiger partial charge in [-0.1, -0.05) is 6.07 Å². The summed E-state index contributed by atoms with van der Waals surface area (Å²) in [5.74, 6) is -0.192. The van der Waals surface area contributed by atoms with E-state index in [-0.39, 0.29) is 17.0 Å². The fraction of sp³-hybridized carbons (Fsp3) is 0.400. The van der Waals surface area contributed by atoms with E-state index in [1.165, 1.54) is 26.0 Å². The van der Waals surface area contributed by atoms with Crippen LogP contribution in [0.2, 0.25) is 0 Å². The van der Waals surface area contributed by atoms with Crippen LogP contribution in [0.3, 0.4) is 0 Å². The van der Waals surface area contributed by atoms with E-state index in [0.29, 0.717) is 0 Å². The van der Waals surface area contributed by atoms with Crippen molar-refractivity contribution in [1.29, 1.82) is 0 Å². The van der Waals surface area contributed by atoms with Crippen LogP contribution in [0.5, 0.6) is 0 Å². The van der Waals surface area contributed by atoms with Crippen LogP contribution in [0.1, 0.15) is 18.1 Å². The quantitative estimate of drug-likeness (QED) is 0.915. The second kappa shape index (κ2) is 4.56. The number of nitrogens with one attached hydrogen (secondary N) is 1. The molecule has 0 aliphatic rings. The van der Waals surface area contributed by atoms with Gasteiger partial charge in [0.15, 0.2) is 0 Å². The maximum Gasteiger partial charge on any atom is 0.416 e. The fourth-order valence-corrected chi connectivity index (χ4v) is 1.87. The van der Waals surface area contributed by atoms with Gasteiger partial charge in [-0.3, -0.25) is 4.72 Å². The molecule has 0 unspecified atom stereocenters. The van der Waals surface area contributed by atoms with Crippen molar-refractivity contribution in [2.45, 2.75) is 20.0 Å². The van der Waals surface area contributed by atoms with E-state index in [1.807, 2.05) is 0 Å². The summed E-state index contributed by atoms with van der Waals surface area (Å²) in [6.07, 6.45) is -4.49. The minimum Gasteiger partial charge on any atom is -0.284 e. The van der Waals surface area contributed by atoms with E-state index in [9.17, 15) is 21.6 Å². The zero-order valence-electron chi connectivity index (χ0n) is 9.30. The maximum absolute atomic E-state index is 12.6. The van der Waals surface area contributed by atoms with Crippen molar-refractivity contribution in [3.05, 3.63) is 29.3 Å². The Bertz CT molecular complexity index is 509. The van der Waals surface area contributed by atoms with Crippen LogP contribution in [0.25, 0.3) is 0 Å². The number of alkyl halides is 3. The first-order chi connectivity index (χ1) is 7.65. The Morgan fingerprint density at radius 2 is 1.88 bits per heavy atom. The van der Waals surface area contributed by atoms with E-state index in [0.717, 1.165) is 6.07 Å². The van der Waals surface area contributed by atoms with Crippen molar-refractivity contribution < 1.29 is 21.6 Å². The molecule has 1 aromatic carbocycles. The summed E-state index contributed by atoms with van der Waals surface area (Å²) >= 11 is 0. The van der Waals surface area contributed by atoms with E-state index in [4.69, 9.17) is 0 Å². The number of benzene rings is 1. The molecule has 0 heterocycles. The van der Waals surface area contributed by atoms with Crippen LogP contribution in [-0.4, -0.2) is 14.2 Å². The minimum atomic E-state index is -4.49. The maximum atomic E-state index is 12.6. The van der Waals surface area contributed by atoms with Crippen molar-refractivity contribution in [1.82, 2.24) is 0 Å². The summed E-state index contributed by atoms with van der Waals surface area (Å²) in [5, 5.41) is 0. The monoisotopic (exact) mass is 267 g/mol. The molecule has 0 bridgehead atoms. The predicted molar refractivity (Wildman–Crippen MR) is 59.3 cm³/mol. The Kier molecular flexibility index (Phi) is 3.71. The van der Waals surface area contributed by atoms with Crippen molar-refractivity contribution in [2.75, 3.05) is 10.5 Å². The van der Waals surface area contributed by atoms with Gasteiger partial charge < -0.3 is 0 Å². The Balaban J connectivity index is 3.14. The second-order valence-corrected chi connectivity index (χ2v) is 5.54. The van der Waals surface area contributed by atoms with Gasteiger partial charge in [0, 0.05) is 5.69 Å². The highest BCUT2D eigenvalue weighted by atomic mass is 32.2. The molecular formula is C10H12F3NO2S. The summed E-state index contributed by atoms with van der Waals surface area (Å²) in [4.78, 5) is 0. The summed E-state index contributed by atoms with van der Waals surface area (Å²) < 4.78 is 62.2. The molecule has 0 radical (unpaired) electrons. The van der Waals surface area contributed by atoms with Crippen LogP contribution in [-0.2, 0) is 16.2 Å². The summed E-state index contributed by atoms with van der Waals surface area (Å²) in [5.41, 5.74) is -0.865. The van der Waals surface area contributed by atoms with Gasteiger partial charge in [-0.2, -0.15) is 13.2 Å². The summed E-state index contributed by atoms with van der Waals surface area (Å²) in [6, 6.07) is 3.33. The lowest BCUT2D eigenvalue weighted by molar-refractivity contribution is -0.138. The minimum absolute atomic E-state index is 0.0527. The molecule has 0 aromatic heterocycles. The molecule has 0 aliphatic carbocycles. The summed E-state index contributed by atoms with van der Waals surface area (Å²) in [7, 11) is -3.56. The SMILES string of the molecule is CCS(=O)(=O)Nc1ccc(C)c(C(F)(F)F)c1. The van der Waals surface area contributed by atoms with Gasteiger partial charge in [-0.15, -0.1) is 0 Å². The highest BCUT2D eigenvalue weighted by Gasteiger charge is 2.32. The van der Waals surface area contributed by atoms with Gasteiger partial charge in [0.2, 0.25) is 10.0 Å². The zero-order chi connectivity index (χ0) is 13.3. The van der Waals surface area contributed by atoms with Gasteiger partial charge in [-0.25, -0.2) is 8.42 Å². The molecule has 17 heavy (non-hydrogen) atoms. The number of hydrogen-bond donors (Lipinski definition) is 1. The van der Waals surface area contributed by atoms with Crippen LogP contribution in [0, 0.1) is 6.92 Å². The highest BCUT2D eigenvalue weighted by molar-refractivity contribution is 7.92. The smallest absolute Gasteiger partial charge is 0.284 e. The van der Waals surface area contributed by atoms with Crippen molar-refractivity contribution in [3.8, 4) is 0 Å². The van der Waals surface area contributed by atoms with Gasteiger partial charge in [-0.05, 0) is 31.5 Å². The van der Waals surface area contributed by atoms with Gasteiger partial charge in [0.25, 0.3) is 0 Å². The van der Waals surface area contributed by atoms with Crippen LogP contribution in [0.15, 0.2) is 18.2 Å². The predicted octanol–water partition coefficient (Wildman–Crippen LogP) is 2.78. The number of anilines is 1. The van der Waals surface area contributed by atoms with Crippen LogP contribution < -0.4 is 4.72 Å². The Hall–Kier alpha value is -1.24. The Labute approximate surface area is 97.7 Å². The van der Waals surface area contributed by atoms with Crippen molar-refractivity contribution in [2.24, 2.45) is 0 Å². The molecule has 0 aliphatic heterocycles. The standard InChI is InChI=1S/C10H12F3NO2S/c1-3-17(15,16)14-8-5-4-7(2)9(6-8)10(11,12)13/h4-6,14H,3H2,1-2H3. The molecular weight excluding hydrogens is 255 g/mol. The van der Waals surface area contributed by atoms with E-state index in [2.05, 4.69) is 4.72 Å². The molecule has 0 fully saturated rings. The first-order valence-corrected chi connectivity index (χ1v) is 6.49. The average Bonchev–Trinajstić information content (AvgIpc) is 2.19. The first-order valence-electron chi connectivity index (χ1n) is 4.84. The highest BCUT2D eigenvalue weighted by Crippen LogP contribution is 2.33. The lowest BCUT2D eigenvalue weighted by Crippen LogP contribution is -2.16. The third-order valence-corrected chi connectivity index (χ3v) is 3.50. The van der Waals surface area contributed by atoms with Crippen molar-refractivity contribution in [3.63, 3.8) is 0 Å². The van der Waals surface area contributed by atoms with E-state index in [1.54, 1.807) is 0 Å². The molecule has 0 amide bonds. The molecule has 0 saturated carbocycles. The lowest BCUT2D eigenvalue weighted by Gasteiger charge is -2.13. The second-order valence-electron chi connectivity index (χ2n) is 3.53. The molecule has 1 rings (SSSR count). The fourth-order valence-electron chi connectivity index (χ4n) is 1.24. The molecule has 0 atom stereocenters. The van der Waals surface area contributed by atoms with Gasteiger partial charge in [0.05, 0.1) is 11.3 Å². The zero-order valence-corrected chi connectivity index (χ0v) is 10.1. The molecule has 0 spiro atoms. The number of halogens is 3. The topological polar surface area (TPSA) is 46.2 Å². The summed E-state index contributed by atoms with van der Waals surface area (Å²) in [6.45, 7) is 2.72. The van der Waals surface area contributed by atoms with Gasteiger partial charge in [0.1, 0.15) is 0 Å². The van der Waals surface area contributed by atoms with E-state index < -0.39 is 21.8 Å². The van der Waals surface area contributed by atoms with Gasteiger partial charge >= 0.3 is 6.18 Å². The van der Waals surface area contributed by atoms with E-state index >= 15 is 0 Å². The normalized spacial score (nSPS) is 12.5. The number of aryl methyl sites for hydroxylation is 1. The molecule has 1 N–H and O–H groups in total. The number of rotatable bonds is 3. The number of hydrogen-bond acceptors (Lipinski definition) is 2. The third-order valence-electron chi connectivity index (χ3n) is 2.20. The van der Waals surface area contributed by atoms with Crippen LogP contribution in [0.4, 0.5) is 18.9 Å². The molecule has 0 saturated heterocycles. The van der Waals surface area contributed by atoms with Crippen molar-refractivity contribution >= 4 is 15.7 Å². The molecule has 3 nitrogen and oxygen atoms in total. The molecule has 96 valence electrons. The number of sulfonamides is 1. The third kappa shape index (κ3) is 3.62. The molecule has 1 aromatic rings. The Morgan fingerprint density at radius 3 is 2.35 bits per heavy atom. The first kappa shape index (κ1) is 13.8. The largest absolute Gasteiger partial charge is 0.416 e. The lowest BCUT2D eigenvalue weighted by atomic mass is 10.1. The Morgan fingerprint density at radius 1 is 1.29 bits per heavy atom. The van der Waals surface area contributed by atoms with Crippen LogP contribution >= 0.6 is 0 Å².